The van der Waals surface area contributed by atoms with Gasteiger partial charge in [-0.05, 0) is 37.3 Å². The molecule has 1 heterocycles. The van der Waals surface area contributed by atoms with Gasteiger partial charge in [-0.25, -0.2) is 4.79 Å². The second-order valence-corrected chi connectivity index (χ2v) is 9.14. The molecule has 0 bridgehead atoms. The van der Waals surface area contributed by atoms with Crippen LogP contribution >= 0.6 is 35.0 Å². The summed E-state index contributed by atoms with van der Waals surface area (Å²) < 4.78 is 1.81. The molecule has 0 fully saturated rings. The number of nitrogens with one attached hydrogen (secondary N) is 2. The molecule has 3 rings (SSSR count). The Kier molecular flexibility index (Phi) is 7.65. The van der Waals surface area contributed by atoms with E-state index in [0.717, 1.165) is 11.3 Å². The number of anilines is 1. The highest BCUT2D eigenvalue weighted by Gasteiger charge is 2.23. The van der Waals surface area contributed by atoms with Crippen molar-refractivity contribution in [2.24, 2.45) is 0 Å². The quantitative estimate of drug-likeness (QED) is 0.499. The summed E-state index contributed by atoms with van der Waals surface area (Å²) in [6, 6.07) is 12.5. The fourth-order valence-electron chi connectivity index (χ4n) is 2.80. The van der Waals surface area contributed by atoms with Crippen LogP contribution < -0.4 is 15.5 Å². The molecule has 0 saturated heterocycles. The summed E-state index contributed by atoms with van der Waals surface area (Å²) in [6.45, 7) is 1.68. The zero-order valence-electron chi connectivity index (χ0n) is 17.9. The molecule has 0 spiro atoms. The van der Waals surface area contributed by atoms with Crippen molar-refractivity contribution in [1.82, 2.24) is 25.4 Å². The highest BCUT2D eigenvalue weighted by Crippen LogP contribution is 2.33. The second kappa shape index (κ2) is 10.2. The van der Waals surface area contributed by atoms with E-state index in [1.807, 2.05) is 47.8 Å². The zero-order chi connectivity index (χ0) is 23.4. The molecule has 1 unspecified atom stereocenters. The van der Waals surface area contributed by atoms with Crippen LogP contribution in [0.15, 0.2) is 47.6 Å². The van der Waals surface area contributed by atoms with Crippen LogP contribution in [0.4, 0.5) is 10.5 Å². The van der Waals surface area contributed by atoms with Crippen LogP contribution in [0.2, 0.25) is 10.0 Å². The van der Waals surface area contributed by atoms with Gasteiger partial charge in [0.15, 0.2) is 11.0 Å². The third-order valence-electron chi connectivity index (χ3n) is 4.53. The van der Waals surface area contributed by atoms with E-state index >= 15 is 0 Å². The molecule has 0 aliphatic heterocycles. The molecule has 8 nitrogen and oxygen atoms in total. The highest BCUT2D eigenvalue weighted by molar-refractivity contribution is 8.00. The van der Waals surface area contributed by atoms with Gasteiger partial charge in [-0.2, -0.15) is 0 Å². The molecule has 0 saturated carbocycles. The van der Waals surface area contributed by atoms with Crippen molar-refractivity contribution in [3.05, 3.63) is 52.5 Å². The Bertz CT molecular complexity index is 1150. The van der Waals surface area contributed by atoms with E-state index in [1.54, 1.807) is 25.1 Å². The number of hydrogen-bond donors (Lipinski definition) is 2. The largest absolute Gasteiger partial charge is 0.378 e. The lowest BCUT2D eigenvalue weighted by molar-refractivity contribution is -0.119. The third kappa shape index (κ3) is 5.35. The maximum Gasteiger partial charge on any atom is 0.321 e. The molecule has 32 heavy (non-hydrogen) atoms. The van der Waals surface area contributed by atoms with Crippen LogP contribution in [0.25, 0.3) is 17.1 Å². The van der Waals surface area contributed by atoms with Crippen LogP contribution in [0.1, 0.15) is 6.92 Å². The summed E-state index contributed by atoms with van der Waals surface area (Å²) in [5.74, 6) is 0.127. The number of amides is 3. The number of carbonyl (C=O) groups is 2. The fraction of sp³-hybridized carbons (Fsp3) is 0.238. The molecule has 0 aliphatic carbocycles. The molecule has 1 aromatic heterocycles. The highest BCUT2D eigenvalue weighted by atomic mass is 35.5. The lowest BCUT2D eigenvalue weighted by Gasteiger charge is -2.16. The molecular formula is C21H22Cl2N6O2S. The van der Waals surface area contributed by atoms with Crippen LogP contribution in [-0.4, -0.2) is 53.1 Å². The summed E-state index contributed by atoms with van der Waals surface area (Å²) in [7, 11) is 5.35. The van der Waals surface area contributed by atoms with Gasteiger partial charge < -0.3 is 10.2 Å². The SMILES string of the molecule is CNC(=O)NC(=O)C(C)Sc1nnc(-c2cccc(N(C)C)c2)n1-c1ccc(Cl)c(Cl)c1. The second-order valence-electron chi connectivity index (χ2n) is 7.01. The van der Waals surface area contributed by atoms with Crippen molar-refractivity contribution in [3.63, 3.8) is 0 Å². The smallest absolute Gasteiger partial charge is 0.321 e. The van der Waals surface area contributed by atoms with Crippen LogP contribution in [0.3, 0.4) is 0 Å². The Labute approximate surface area is 200 Å². The van der Waals surface area contributed by atoms with E-state index in [0.29, 0.717) is 26.7 Å². The van der Waals surface area contributed by atoms with E-state index in [1.165, 1.54) is 18.8 Å². The van der Waals surface area contributed by atoms with Crippen LogP contribution in [0, 0.1) is 0 Å². The Hall–Kier alpha value is -2.75. The number of benzene rings is 2. The molecule has 0 radical (unpaired) electrons. The van der Waals surface area contributed by atoms with Gasteiger partial charge in [0.1, 0.15) is 0 Å². The average molecular weight is 493 g/mol. The molecule has 2 N–H and O–H groups in total. The number of hydrogen-bond acceptors (Lipinski definition) is 6. The minimum atomic E-state index is -0.612. The van der Waals surface area contributed by atoms with Crippen molar-refractivity contribution in [2.75, 3.05) is 26.0 Å². The van der Waals surface area contributed by atoms with Gasteiger partial charge in [0.2, 0.25) is 5.91 Å². The topological polar surface area (TPSA) is 92.2 Å². The van der Waals surface area contributed by atoms with Crippen LogP contribution in [0.5, 0.6) is 0 Å². The fourth-order valence-corrected chi connectivity index (χ4v) is 3.96. The Morgan fingerprint density at radius 2 is 1.84 bits per heavy atom. The lowest BCUT2D eigenvalue weighted by atomic mass is 10.1. The molecule has 3 aromatic rings. The van der Waals surface area contributed by atoms with Gasteiger partial charge in [-0.15, -0.1) is 10.2 Å². The van der Waals surface area contributed by atoms with E-state index in [4.69, 9.17) is 23.2 Å². The van der Waals surface area contributed by atoms with E-state index < -0.39 is 17.2 Å². The number of rotatable bonds is 6. The molecular weight excluding hydrogens is 471 g/mol. The molecule has 1 atom stereocenters. The first-order valence-electron chi connectivity index (χ1n) is 9.59. The van der Waals surface area contributed by atoms with E-state index in [9.17, 15) is 9.59 Å². The summed E-state index contributed by atoms with van der Waals surface area (Å²) in [6.07, 6.45) is 0. The molecule has 168 valence electrons. The molecule has 2 aromatic carbocycles. The van der Waals surface area contributed by atoms with Gasteiger partial charge in [0, 0.05) is 32.4 Å². The first-order valence-corrected chi connectivity index (χ1v) is 11.2. The van der Waals surface area contributed by atoms with Gasteiger partial charge in [-0.1, -0.05) is 47.1 Å². The van der Waals surface area contributed by atoms with E-state index in [2.05, 4.69) is 20.8 Å². The monoisotopic (exact) mass is 492 g/mol. The third-order valence-corrected chi connectivity index (χ3v) is 6.31. The van der Waals surface area contributed by atoms with Crippen molar-refractivity contribution >= 4 is 52.6 Å². The number of imide groups is 1. The lowest BCUT2D eigenvalue weighted by Crippen LogP contribution is -2.41. The minimum Gasteiger partial charge on any atom is -0.378 e. The van der Waals surface area contributed by atoms with Gasteiger partial charge >= 0.3 is 6.03 Å². The average Bonchev–Trinajstić information content (AvgIpc) is 3.18. The standard InChI is InChI=1S/C21H22Cl2N6O2S/c1-12(19(30)25-20(31)24-2)32-21-27-26-18(13-6-5-7-14(10-13)28(3)4)29(21)15-8-9-16(22)17(23)11-15/h5-12H,1-4H3,(H2,24,25,30,31). The molecule has 11 heteroatoms. The van der Waals surface area contributed by atoms with Crippen molar-refractivity contribution in [2.45, 2.75) is 17.3 Å². The molecule has 3 amide bonds. The van der Waals surface area contributed by atoms with E-state index in [-0.39, 0.29) is 0 Å². The van der Waals surface area contributed by atoms with Crippen LogP contribution in [-0.2, 0) is 4.79 Å². The summed E-state index contributed by atoms with van der Waals surface area (Å²) >= 11 is 13.6. The number of halogens is 2. The number of aromatic nitrogens is 3. The van der Waals surface area contributed by atoms with Gasteiger partial charge in [0.05, 0.1) is 21.0 Å². The maximum atomic E-state index is 12.4. The Balaban J connectivity index is 2.06. The first kappa shape index (κ1) is 23.9. The van der Waals surface area contributed by atoms with Gasteiger partial charge in [0.25, 0.3) is 0 Å². The summed E-state index contributed by atoms with van der Waals surface area (Å²) in [5, 5.41) is 14.0. The number of thioether (sulfide) groups is 1. The maximum absolute atomic E-state index is 12.4. The summed E-state index contributed by atoms with van der Waals surface area (Å²) in [4.78, 5) is 25.9. The number of urea groups is 1. The predicted octanol–water partition coefficient (Wildman–Crippen LogP) is 4.24. The predicted molar refractivity (Wildman–Crippen MR) is 129 cm³/mol. The van der Waals surface area contributed by atoms with Gasteiger partial charge in [-0.3, -0.25) is 14.7 Å². The Morgan fingerprint density at radius 3 is 2.50 bits per heavy atom. The first-order chi connectivity index (χ1) is 15.2. The van der Waals surface area contributed by atoms with Crippen molar-refractivity contribution < 1.29 is 9.59 Å². The van der Waals surface area contributed by atoms with Crippen molar-refractivity contribution in [3.8, 4) is 17.1 Å². The Morgan fingerprint density at radius 1 is 1.09 bits per heavy atom. The molecule has 0 aliphatic rings. The number of carbonyl (C=O) groups excluding carboxylic acids is 2. The van der Waals surface area contributed by atoms with Crippen molar-refractivity contribution in [1.29, 1.82) is 0 Å². The minimum absolute atomic E-state index is 0.382. The normalized spacial score (nSPS) is 11.7. The number of nitrogens with zero attached hydrogens (tertiary/aromatic N) is 4. The summed E-state index contributed by atoms with van der Waals surface area (Å²) in [5.41, 5.74) is 2.53. The zero-order valence-corrected chi connectivity index (χ0v) is 20.2.